The number of carbonyl (C=O) groups is 1. The number of hydrogen-bond donors (Lipinski definition) is 2. The Morgan fingerprint density at radius 3 is 2.70 bits per heavy atom. The molecule has 3 nitrogen and oxygen atoms in total. The number of phenols is 1. The molecule has 0 saturated carbocycles. The number of benzene rings is 2. The molecule has 2 aromatic rings. The Hall–Kier alpha value is -2.00. The summed E-state index contributed by atoms with van der Waals surface area (Å²) in [7, 11) is 0. The highest BCUT2D eigenvalue weighted by Gasteiger charge is 2.06. The number of phenolic OH excluding ortho intramolecular Hbond substituents is 1. The summed E-state index contributed by atoms with van der Waals surface area (Å²) in [6.45, 7) is 1.94. The summed E-state index contributed by atoms with van der Waals surface area (Å²) >= 11 is 6.05. The third-order valence-corrected chi connectivity index (χ3v) is 3.46. The maximum Gasteiger partial charge on any atom is 0.224 e. The van der Waals surface area contributed by atoms with Gasteiger partial charge in [0, 0.05) is 11.4 Å². The van der Waals surface area contributed by atoms with E-state index in [2.05, 4.69) is 5.32 Å². The standard InChI is InChI=1S/C16H16ClNO2/c1-11-6-7-12(10-13(11)17)8-9-16(20)18-14-4-2-3-5-15(14)19/h2-7,10,19H,8-9H2,1H3,(H,18,20). The van der Waals surface area contributed by atoms with Crippen molar-refractivity contribution in [3.05, 3.63) is 58.6 Å². The number of halogens is 1. The van der Waals surface area contributed by atoms with E-state index in [4.69, 9.17) is 11.6 Å². The Morgan fingerprint density at radius 1 is 1.25 bits per heavy atom. The molecule has 2 N–H and O–H groups in total. The second-order valence-corrected chi connectivity index (χ2v) is 5.06. The molecule has 2 aromatic carbocycles. The molecule has 0 heterocycles. The molecule has 0 spiro atoms. The molecule has 20 heavy (non-hydrogen) atoms. The molecule has 4 heteroatoms. The van der Waals surface area contributed by atoms with Crippen LogP contribution in [0.3, 0.4) is 0 Å². The SMILES string of the molecule is Cc1ccc(CCC(=O)Nc2ccccc2O)cc1Cl. The van der Waals surface area contributed by atoms with Crippen LogP contribution in [0.15, 0.2) is 42.5 Å². The molecule has 104 valence electrons. The van der Waals surface area contributed by atoms with Crippen LogP contribution in [-0.2, 0) is 11.2 Å². The van der Waals surface area contributed by atoms with E-state index < -0.39 is 0 Å². The first-order chi connectivity index (χ1) is 9.56. The van der Waals surface area contributed by atoms with Gasteiger partial charge < -0.3 is 10.4 Å². The third kappa shape index (κ3) is 3.75. The van der Waals surface area contributed by atoms with Crippen molar-refractivity contribution in [3.63, 3.8) is 0 Å². The zero-order valence-electron chi connectivity index (χ0n) is 11.2. The number of hydrogen-bond acceptors (Lipinski definition) is 2. The van der Waals surface area contributed by atoms with Crippen LogP contribution in [0.2, 0.25) is 5.02 Å². The molecule has 0 fully saturated rings. The van der Waals surface area contributed by atoms with E-state index in [1.165, 1.54) is 6.07 Å². The summed E-state index contributed by atoms with van der Waals surface area (Å²) < 4.78 is 0. The highest BCUT2D eigenvalue weighted by atomic mass is 35.5. The average molecular weight is 290 g/mol. The number of aromatic hydroxyl groups is 1. The maximum absolute atomic E-state index is 11.8. The number of aryl methyl sites for hydroxylation is 2. The minimum atomic E-state index is -0.136. The fraction of sp³-hybridized carbons (Fsp3) is 0.188. The minimum absolute atomic E-state index is 0.0687. The lowest BCUT2D eigenvalue weighted by Gasteiger charge is -2.07. The summed E-state index contributed by atoms with van der Waals surface area (Å²) in [6, 6.07) is 12.5. The molecule has 0 saturated heterocycles. The molecule has 2 rings (SSSR count). The molecule has 0 aliphatic carbocycles. The summed E-state index contributed by atoms with van der Waals surface area (Å²) in [5.74, 6) is -0.0672. The van der Waals surface area contributed by atoms with Crippen molar-refractivity contribution in [2.45, 2.75) is 19.8 Å². The van der Waals surface area contributed by atoms with E-state index in [1.807, 2.05) is 25.1 Å². The van der Waals surface area contributed by atoms with Gasteiger partial charge in [0.25, 0.3) is 0 Å². The lowest BCUT2D eigenvalue weighted by molar-refractivity contribution is -0.116. The first-order valence-electron chi connectivity index (χ1n) is 6.39. The highest BCUT2D eigenvalue weighted by molar-refractivity contribution is 6.31. The van der Waals surface area contributed by atoms with Crippen molar-refractivity contribution in [2.75, 3.05) is 5.32 Å². The second kappa shape index (κ2) is 6.44. The Bertz CT molecular complexity index is 626. The predicted octanol–water partition coefficient (Wildman–Crippen LogP) is 3.93. The number of rotatable bonds is 4. The molecule has 0 unspecified atom stereocenters. The van der Waals surface area contributed by atoms with E-state index in [9.17, 15) is 9.90 Å². The largest absolute Gasteiger partial charge is 0.506 e. The molecule has 0 atom stereocenters. The van der Waals surface area contributed by atoms with Crippen molar-refractivity contribution in [3.8, 4) is 5.75 Å². The number of carbonyl (C=O) groups excluding carboxylic acids is 1. The van der Waals surface area contributed by atoms with Crippen LogP contribution in [0, 0.1) is 6.92 Å². The van der Waals surface area contributed by atoms with Gasteiger partial charge in [-0.1, -0.05) is 35.9 Å². The van der Waals surface area contributed by atoms with Crippen LogP contribution in [0.25, 0.3) is 0 Å². The fourth-order valence-corrected chi connectivity index (χ4v) is 2.04. The lowest BCUT2D eigenvalue weighted by Crippen LogP contribution is -2.12. The molecule has 1 amide bonds. The zero-order valence-corrected chi connectivity index (χ0v) is 11.9. The Morgan fingerprint density at radius 2 is 2.00 bits per heavy atom. The van der Waals surface area contributed by atoms with Gasteiger partial charge in [-0.3, -0.25) is 4.79 Å². The predicted molar refractivity (Wildman–Crippen MR) is 81.2 cm³/mol. The number of anilines is 1. The molecular formula is C16H16ClNO2. The fourth-order valence-electron chi connectivity index (χ4n) is 1.84. The number of nitrogens with one attached hydrogen (secondary N) is 1. The normalized spacial score (nSPS) is 10.3. The molecule has 0 aliphatic heterocycles. The Kier molecular flexibility index (Phi) is 4.64. The number of amides is 1. The molecule has 0 radical (unpaired) electrons. The molecule has 0 bridgehead atoms. The topological polar surface area (TPSA) is 49.3 Å². The first-order valence-corrected chi connectivity index (χ1v) is 6.77. The van der Waals surface area contributed by atoms with Gasteiger partial charge >= 0.3 is 0 Å². The van der Waals surface area contributed by atoms with Crippen LogP contribution in [0.1, 0.15) is 17.5 Å². The third-order valence-electron chi connectivity index (χ3n) is 3.06. The smallest absolute Gasteiger partial charge is 0.224 e. The van der Waals surface area contributed by atoms with Crippen molar-refractivity contribution in [2.24, 2.45) is 0 Å². The van der Waals surface area contributed by atoms with Gasteiger partial charge in [0.05, 0.1) is 5.69 Å². The summed E-state index contributed by atoms with van der Waals surface area (Å²) in [4.78, 5) is 11.8. The van der Waals surface area contributed by atoms with E-state index >= 15 is 0 Å². The van der Waals surface area contributed by atoms with E-state index in [0.29, 0.717) is 23.6 Å². The van der Waals surface area contributed by atoms with Crippen molar-refractivity contribution in [1.29, 1.82) is 0 Å². The van der Waals surface area contributed by atoms with Gasteiger partial charge in [-0.2, -0.15) is 0 Å². The van der Waals surface area contributed by atoms with Crippen LogP contribution < -0.4 is 5.32 Å². The van der Waals surface area contributed by atoms with Crippen molar-refractivity contribution < 1.29 is 9.90 Å². The van der Waals surface area contributed by atoms with Crippen molar-refractivity contribution in [1.82, 2.24) is 0 Å². The van der Waals surface area contributed by atoms with Crippen molar-refractivity contribution >= 4 is 23.2 Å². The van der Waals surface area contributed by atoms with Gasteiger partial charge in [-0.05, 0) is 42.7 Å². The van der Waals surface area contributed by atoms with E-state index in [0.717, 1.165) is 11.1 Å². The molecular weight excluding hydrogens is 274 g/mol. The van der Waals surface area contributed by atoms with Crippen LogP contribution in [0.4, 0.5) is 5.69 Å². The Labute approximate surface area is 123 Å². The second-order valence-electron chi connectivity index (χ2n) is 4.65. The quantitative estimate of drug-likeness (QED) is 0.838. The number of para-hydroxylation sites is 2. The van der Waals surface area contributed by atoms with Crippen LogP contribution in [0.5, 0.6) is 5.75 Å². The van der Waals surface area contributed by atoms with Crippen LogP contribution >= 0.6 is 11.6 Å². The molecule has 0 aromatic heterocycles. The molecule has 0 aliphatic rings. The summed E-state index contributed by atoms with van der Waals surface area (Å²) in [6.07, 6.45) is 0.952. The van der Waals surface area contributed by atoms with E-state index in [-0.39, 0.29) is 11.7 Å². The van der Waals surface area contributed by atoms with Crippen LogP contribution in [-0.4, -0.2) is 11.0 Å². The van der Waals surface area contributed by atoms with Gasteiger partial charge in [0.15, 0.2) is 0 Å². The monoisotopic (exact) mass is 289 g/mol. The maximum atomic E-state index is 11.8. The minimum Gasteiger partial charge on any atom is -0.506 e. The summed E-state index contributed by atoms with van der Waals surface area (Å²) in [5.41, 5.74) is 2.47. The van der Waals surface area contributed by atoms with Gasteiger partial charge in [0.2, 0.25) is 5.91 Å². The zero-order chi connectivity index (χ0) is 14.5. The Balaban J connectivity index is 1.92. The average Bonchev–Trinajstić information content (AvgIpc) is 2.43. The van der Waals surface area contributed by atoms with Gasteiger partial charge in [0.1, 0.15) is 5.75 Å². The van der Waals surface area contributed by atoms with Gasteiger partial charge in [-0.15, -0.1) is 0 Å². The van der Waals surface area contributed by atoms with E-state index in [1.54, 1.807) is 18.2 Å². The highest BCUT2D eigenvalue weighted by Crippen LogP contribution is 2.22. The summed E-state index contributed by atoms with van der Waals surface area (Å²) in [5, 5.41) is 13.0. The van der Waals surface area contributed by atoms with Gasteiger partial charge in [-0.25, -0.2) is 0 Å². The lowest BCUT2D eigenvalue weighted by atomic mass is 10.1. The first kappa shape index (κ1) is 14.4.